The van der Waals surface area contributed by atoms with E-state index in [1.165, 1.54) is 17.3 Å². The molecule has 0 bridgehead atoms. The van der Waals surface area contributed by atoms with Gasteiger partial charge in [0.25, 0.3) is 5.91 Å². The van der Waals surface area contributed by atoms with E-state index in [4.69, 9.17) is 4.74 Å². The van der Waals surface area contributed by atoms with Gasteiger partial charge in [-0.1, -0.05) is 60.7 Å². The number of thioether (sulfide) groups is 1. The molecule has 29 heavy (non-hydrogen) atoms. The number of amides is 1. The Kier molecular flexibility index (Phi) is 7.70. The largest absolute Gasteiger partial charge is 0.455 e. The van der Waals surface area contributed by atoms with Gasteiger partial charge >= 0.3 is 5.97 Å². The summed E-state index contributed by atoms with van der Waals surface area (Å²) in [6.45, 7) is 1.71. The van der Waals surface area contributed by atoms with E-state index in [9.17, 15) is 9.59 Å². The Morgan fingerprint density at radius 3 is 2.48 bits per heavy atom. The summed E-state index contributed by atoms with van der Waals surface area (Å²) < 4.78 is 5.10. The summed E-state index contributed by atoms with van der Waals surface area (Å²) in [5.41, 5.74) is 1.24. The fourth-order valence-corrected chi connectivity index (χ4v) is 3.75. The molecule has 0 heterocycles. The Bertz CT molecular complexity index is 959. The van der Waals surface area contributed by atoms with Crippen molar-refractivity contribution < 1.29 is 14.3 Å². The van der Waals surface area contributed by atoms with E-state index in [-0.39, 0.29) is 24.3 Å². The summed E-state index contributed by atoms with van der Waals surface area (Å²) in [6.07, 6.45) is 1.73. The molecule has 3 aromatic rings. The molecular formula is C24H25NO3S. The third-order valence-electron chi connectivity index (χ3n) is 4.56. The summed E-state index contributed by atoms with van der Waals surface area (Å²) in [5, 5.41) is 5.17. The molecule has 0 spiro atoms. The first-order valence-corrected chi connectivity index (χ1v) is 10.7. The number of benzene rings is 3. The number of carbonyl (C=O) groups is 2. The minimum atomic E-state index is -0.393. The van der Waals surface area contributed by atoms with Gasteiger partial charge in [0, 0.05) is 10.9 Å². The lowest BCUT2D eigenvalue weighted by molar-refractivity contribution is -0.146. The highest BCUT2D eigenvalue weighted by Gasteiger charge is 2.11. The van der Waals surface area contributed by atoms with Crippen molar-refractivity contribution in [2.75, 3.05) is 12.4 Å². The average Bonchev–Trinajstić information content (AvgIpc) is 2.75. The molecular weight excluding hydrogens is 382 g/mol. The Morgan fingerprint density at radius 2 is 1.69 bits per heavy atom. The van der Waals surface area contributed by atoms with Gasteiger partial charge < -0.3 is 10.1 Å². The van der Waals surface area contributed by atoms with Crippen molar-refractivity contribution in [2.45, 2.75) is 30.7 Å². The van der Waals surface area contributed by atoms with E-state index >= 15 is 0 Å². The van der Waals surface area contributed by atoms with Crippen molar-refractivity contribution >= 4 is 34.4 Å². The number of nitrogens with one attached hydrogen (secondary N) is 1. The maximum absolute atomic E-state index is 12.0. The molecule has 5 heteroatoms. The molecule has 0 fully saturated rings. The summed E-state index contributed by atoms with van der Waals surface area (Å²) in [5.74, 6) is -0.486. The average molecular weight is 408 g/mol. The van der Waals surface area contributed by atoms with Crippen LogP contribution in [0.5, 0.6) is 0 Å². The number of esters is 1. The monoisotopic (exact) mass is 407 g/mol. The van der Waals surface area contributed by atoms with Crippen LogP contribution in [-0.4, -0.2) is 30.3 Å². The van der Waals surface area contributed by atoms with Gasteiger partial charge in [-0.15, -0.1) is 11.8 Å². The Morgan fingerprint density at radius 1 is 0.966 bits per heavy atom. The highest BCUT2D eigenvalue weighted by atomic mass is 32.2. The van der Waals surface area contributed by atoms with E-state index in [0.29, 0.717) is 0 Å². The Balaban J connectivity index is 1.35. The standard InChI is InChI=1S/C24H25NO3S/c1-18(11-12-19-7-3-2-4-8-19)25-23(26)16-28-24(27)17-29-22-14-13-20-9-5-6-10-21(20)15-22/h2-10,13-15,18H,11-12,16-17H2,1H3,(H,25,26)/t18-/m1/s1. The zero-order valence-corrected chi connectivity index (χ0v) is 17.3. The normalized spacial score (nSPS) is 11.8. The van der Waals surface area contributed by atoms with Gasteiger partial charge in [-0.2, -0.15) is 0 Å². The zero-order chi connectivity index (χ0) is 20.5. The van der Waals surface area contributed by atoms with Gasteiger partial charge in [-0.05, 0) is 48.2 Å². The van der Waals surface area contributed by atoms with Crippen molar-refractivity contribution in [3.63, 3.8) is 0 Å². The van der Waals surface area contributed by atoms with Crippen LogP contribution in [0.25, 0.3) is 10.8 Å². The minimum Gasteiger partial charge on any atom is -0.455 e. The lowest BCUT2D eigenvalue weighted by Gasteiger charge is -2.14. The van der Waals surface area contributed by atoms with Crippen LogP contribution in [0, 0.1) is 0 Å². The predicted octanol–water partition coefficient (Wildman–Crippen LogP) is 4.61. The smallest absolute Gasteiger partial charge is 0.316 e. The van der Waals surface area contributed by atoms with Gasteiger partial charge in [0.05, 0.1) is 5.75 Å². The van der Waals surface area contributed by atoms with Crippen molar-refractivity contribution in [2.24, 2.45) is 0 Å². The van der Waals surface area contributed by atoms with E-state index in [1.807, 2.05) is 55.5 Å². The topological polar surface area (TPSA) is 55.4 Å². The van der Waals surface area contributed by atoms with Gasteiger partial charge in [0.1, 0.15) is 0 Å². The second-order valence-electron chi connectivity index (χ2n) is 6.95. The molecule has 0 aromatic heterocycles. The highest BCUT2D eigenvalue weighted by molar-refractivity contribution is 8.00. The fourth-order valence-electron chi connectivity index (χ4n) is 3.00. The van der Waals surface area contributed by atoms with Crippen LogP contribution < -0.4 is 5.32 Å². The quantitative estimate of drug-likeness (QED) is 0.416. The summed E-state index contributed by atoms with van der Waals surface area (Å²) in [4.78, 5) is 25.0. The third kappa shape index (κ3) is 6.95. The minimum absolute atomic E-state index is 0.0217. The first kappa shape index (κ1) is 20.9. The number of rotatable bonds is 9. The number of aryl methyl sites for hydroxylation is 1. The van der Waals surface area contributed by atoms with Gasteiger partial charge in [-0.25, -0.2) is 0 Å². The summed E-state index contributed by atoms with van der Waals surface area (Å²) in [7, 11) is 0. The molecule has 0 unspecified atom stereocenters. The first-order valence-electron chi connectivity index (χ1n) is 9.70. The molecule has 0 saturated carbocycles. The molecule has 1 atom stereocenters. The van der Waals surface area contributed by atoms with E-state index in [2.05, 4.69) is 29.6 Å². The van der Waals surface area contributed by atoms with Crippen molar-refractivity contribution in [1.29, 1.82) is 0 Å². The van der Waals surface area contributed by atoms with Gasteiger partial charge in [-0.3, -0.25) is 9.59 Å². The molecule has 0 saturated heterocycles. The third-order valence-corrected chi connectivity index (χ3v) is 5.53. The fraction of sp³-hybridized carbons (Fsp3) is 0.250. The number of hydrogen-bond acceptors (Lipinski definition) is 4. The van der Waals surface area contributed by atoms with Crippen LogP contribution in [0.2, 0.25) is 0 Å². The van der Waals surface area contributed by atoms with Crippen LogP contribution in [-0.2, 0) is 20.7 Å². The maximum atomic E-state index is 12.0. The van der Waals surface area contributed by atoms with Crippen LogP contribution in [0.3, 0.4) is 0 Å². The molecule has 0 radical (unpaired) electrons. The predicted molar refractivity (Wildman–Crippen MR) is 118 cm³/mol. The molecule has 1 amide bonds. The van der Waals surface area contributed by atoms with Crippen LogP contribution in [0.1, 0.15) is 18.9 Å². The molecule has 0 aliphatic heterocycles. The lowest BCUT2D eigenvalue weighted by Crippen LogP contribution is -2.36. The second-order valence-corrected chi connectivity index (χ2v) is 8.00. The van der Waals surface area contributed by atoms with Crippen LogP contribution in [0.15, 0.2) is 77.7 Å². The van der Waals surface area contributed by atoms with Crippen LogP contribution in [0.4, 0.5) is 0 Å². The van der Waals surface area contributed by atoms with Crippen molar-refractivity contribution in [1.82, 2.24) is 5.32 Å². The summed E-state index contributed by atoms with van der Waals surface area (Å²) >= 11 is 1.41. The van der Waals surface area contributed by atoms with Crippen molar-refractivity contribution in [3.8, 4) is 0 Å². The molecule has 4 nitrogen and oxygen atoms in total. The second kappa shape index (κ2) is 10.7. The maximum Gasteiger partial charge on any atom is 0.316 e. The van der Waals surface area contributed by atoms with E-state index in [1.54, 1.807) is 0 Å². The van der Waals surface area contributed by atoms with Gasteiger partial charge in [0.15, 0.2) is 6.61 Å². The SMILES string of the molecule is C[C@H](CCc1ccccc1)NC(=O)COC(=O)CSc1ccc2ccccc2c1. The number of fused-ring (bicyclic) bond motifs is 1. The molecule has 3 rings (SSSR count). The first-order chi connectivity index (χ1) is 14.1. The van der Waals surface area contributed by atoms with E-state index in [0.717, 1.165) is 28.5 Å². The molecule has 150 valence electrons. The van der Waals surface area contributed by atoms with Crippen molar-refractivity contribution in [3.05, 3.63) is 78.4 Å². The Hall–Kier alpha value is -2.79. The highest BCUT2D eigenvalue weighted by Crippen LogP contribution is 2.23. The van der Waals surface area contributed by atoms with Crippen LogP contribution >= 0.6 is 11.8 Å². The van der Waals surface area contributed by atoms with E-state index < -0.39 is 5.97 Å². The number of ether oxygens (including phenoxy) is 1. The molecule has 0 aliphatic rings. The number of carbonyl (C=O) groups excluding carboxylic acids is 2. The Labute approximate surface area is 175 Å². The number of hydrogen-bond donors (Lipinski definition) is 1. The molecule has 1 N–H and O–H groups in total. The lowest BCUT2D eigenvalue weighted by atomic mass is 10.1. The van der Waals surface area contributed by atoms with Gasteiger partial charge in [0.2, 0.25) is 0 Å². The zero-order valence-electron chi connectivity index (χ0n) is 16.5. The summed E-state index contributed by atoms with van der Waals surface area (Å²) in [6, 6.07) is 24.3. The molecule has 3 aromatic carbocycles. The molecule has 0 aliphatic carbocycles.